The minimum Gasteiger partial charge on any atom is -0.495 e. The zero-order valence-corrected chi connectivity index (χ0v) is 21.3. The number of benzene rings is 3. The molecule has 0 radical (unpaired) electrons. The maximum Gasteiger partial charge on any atom is 0.246 e. The predicted octanol–water partition coefficient (Wildman–Crippen LogP) is 5.28. The zero-order valence-electron chi connectivity index (χ0n) is 21.3. The van der Waals surface area contributed by atoms with Gasteiger partial charge in [0.15, 0.2) is 11.5 Å². The fraction of sp³-hybridized carbons (Fsp3) is 0.207. The van der Waals surface area contributed by atoms with E-state index in [1.54, 1.807) is 38.2 Å². The number of amides is 1. The van der Waals surface area contributed by atoms with E-state index in [2.05, 4.69) is 21.9 Å². The highest BCUT2D eigenvalue weighted by Crippen LogP contribution is 2.38. The first-order chi connectivity index (χ1) is 18.4. The number of fused-ring (bicyclic) bond motifs is 1. The van der Waals surface area contributed by atoms with Crippen LogP contribution in [0.4, 0.5) is 15.9 Å². The number of carbonyl (C=O) groups excluding carboxylic acids is 1. The quantitative estimate of drug-likeness (QED) is 0.320. The van der Waals surface area contributed by atoms with Crippen LogP contribution < -0.4 is 19.5 Å². The van der Waals surface area contributed by atoms with Gasteiger partial charge in [-0.1, -0.05) is 24.8 Å². The van der Waals surface area contributed by atoms with Gasteiger partial charge in [0, 0.05) is 11.5 Å². The lowest BCUT2D eigenvalue weighted by atomic mass is 9.99. The summed E-state index contributed by atoms with van der Waals surface area (Å²) in [5, 5.41) is 4.06. The summed E-state index contributed by atoms with van der Waals surface area (Å²) in [5.41, 5.74) is 3.49. The molecule has 1 aliphatic heterocycles. The third-order valence-electron chi connectivity index (χ3n) is 6.58. The molecule has 0 bridgehead atoms. The van der Waals surface area contributed by atoms with Crippen molar-refractivity contribution in [1.82, 2.24) is 14.9 Å². The fourth-order valence-electron chi connectivity index (χ4n) is 4.44. The molecule has 0 aliphatic carbocycles. The van der Waals surface area contributed by atoms with Gasteiger partial charge in [0.2, 0.25) is 5.91 Å². The molecule has 38 heavy (non-hydrogen) atoms. The van der Waals surface area contributed by atoms with E-state index in [-0.39, 0.29) is 17.8 Å². The molecule has 0 unspecified atom stereocenters. The van der Waals surface area contributed by atoms with Crippen LogP contribution in [0.3, 0.4) is 0 Å². The molecule has 3 aromatic carbocycles. The molecule has 1 aliphatic rings. The Labute approximate surface area is 219 Å². The number of hydrogen-bond acceptors (Lipinski definition) is 7. The van der Waals surface area contributed by atoms with E-state index < -0.39 is 0 Å². The number of aromatic nitrogens is 2. The third-order valence-corrected chi connectivity index (χ3v) is 6.58. The number of likely N-dealkylation sites (tertiary alicyclic amines) is 1. The molecule has 5 rings (SSSR count). The number of methoxy groups -OCH3 is 2. The minimum atomic E-state index is -0.264. The monoisotopic (exact) mass is 514 g/mol. The Morgan fingerprint density at radius 2 is 1.87 bits per heavy atom. The van der Waals surface area contributed by atoms with Gasteiger partial charge in [-0.25, -0.2) is 14.4 Å². The van der Waals surface area contributed by atoms with Crippen molar-refractivity contribution in [1.29, 1.82) is 0 Å². The second-order valence-corrected chi connectivity index (χ2v) is 8.88. The summed E-state index contributed by atoms with van der Waals surface area (Å²) in [5.74, 6) is 1.79. The Balaban J connectivity index is 1.49. The van der Waals surface area contributed by atoms with Crippen molar-refractivity contribution in [2.75, 3.05) is 32.6 Å². The summed E-state index contributed by atoms with van der Waals surface area (Å²) in [6, 6.07) is 14.2. The minimum absolute atomic E-state index is 0.125. The predicted molar refractivity (Wildman–Crippen MR) is 144 cm³/mol. The molecular formula is C29H27FN4O4. The zero-order chi connectivity index (χ0) is 26.8. The Morgan fingerprint density at radius 3 is 2.61 bits per heavy atom. The molecule has 1 amide bonds. The van der Waals surface area contributed by atoms with Gasteiger partial charge >= 0.3 is 0 Å². The van der Waals surface area contributed by atoms with Crippen molar-refractivity contribution in [3.8, 4) is 28.4 Å². The van der Waals surface area contributed by atoms with Crippen molar-refractivity contribution in [2.24, 2.45) is 0 Å². The van der Waals surface area contributed by atoms with Crippen LogP contribution in [0.2, 0.25) is 0 Å². The van der Waals surface area contributed by atoms with Gasteiger partial charge in [-0.2, -0.15) is 0 Å². The molecule has 0 spiro atoms. The first kappa shape index (κ1) is 25.0. The van der Waals surface area contributed by atoms with Crippen molar-refractivity contribution in [2.45, 2.75) is 13.0 Å². The average Bonchev–Trinajstić information content (AvgIpc) is 2.91. The molecule has 9 heteroatoms. The van der Waals surface area contributed by atoms with E-state index in [9.17, 15) is 9.18 Å². The molecule has 0 atom stereocenters. The van der Waals surface area contributed by atoms with Crippen LogP contribution in [0.15, 0.2) is 67.5 Å². The van der Waals surface area contributed by atoms with E-state index in [0.29, 0.717) is 58.3 Å². The number of ether oxygens (including phenoxy) is 3. The number of nitrogens with one attached hydrogen (secondary N) is 1. The van der Waals surface area contributed by atoms with Crippen LogP contribution in [0.5, 0.6) is 17.2 Å². The molecule has 8 nitrogen and oxygen atoms in total. The number of hydrogen-bond donors (Lipinski definition) is 1. The van der Waals surface area contributed by atoms with Crippen LogP contribution in [-0.4, -0.2) is 54.2 Å². The maximum absolute atomic E-state index is 14.2. The highest BCUT2D eigenvalue weighted by Gasteiger charge is 2.31. The van der Waals surface area contributed by atoms with Crippen molar-refractivity contribution >= 4 is 28.3 Å². The maximum atomic E-state index is 14.2. The number of nitrogens with zero attached hydrogens (tertiary/aromatic N) is 3. The van der Waals surface area contributed by atoms with Gasteiger partial charge in [0.05, 0.1) is 38.5 Å². The number of carbonyl (C=O) groups is 1. The molecule has 1 aromatic heterocycles. The van der Waals surface area contributed by atoms with Gasteiger partial charge in [-0.15, -0.1) is 0 Å². The summed E-state index contributed by atoms with van der Waals surface area (Å²) >= 11 is 0. The topological polar surface area (TPSA) is 85.8 Å². The fourth-order valence-corrected chi connectivity index (χ4v) is 4.44. The smallest absolute Gasteiger partial charge is 0.246 e. The Kier molecular flexibility index (Phi) is 6.83. The van der Waals surface area contributed by atoms with Gasteiger partial charge in [0.25, 0.3) is 0 Å². The lowest BCUT2D eigenvalue weighted by molar-refractivity contribution is -0.134. The van der Waals surface area contributed by atoms with E-state index >= 15 is 0 Å². The van der Waals surface area contributed by atoms with E-state index in [4.69, 9.17) is 14.2 Å². The van der Waals surface area contributed by atoms with Crippen LogP contribution >= 0.6 is 0 Å². The van der Waals surface area contributed by atoms with Gasteiger partial charge < -0.3 is 24.4 Å². The second kappa shape index (κ2) is 10.4. The molecular weight excluding hydrogens is 487 g/mol. The average molecular weight is 515 g/mol. The summed E-state index contributed by atoms with van der Waals surface area (Å²) < 4.78 is 31.5. The summed E-state index contributed by atoms with van der Waals surface area (Å²) in [6.45, 7) is 6.20. The lowest BCUT2D eigenvalue weighted by Gasteiger charge is -2.38. The molecule has 0 saturated carbocycles. The second-order valence-electron chi connectivity index (χ2n) is 8.88. The molecule has 1 saturated heterocycles. The highest BCUT2D eigenvalue weighted by molar-refractivity contribution is 5.94. The van der Waals surface area contributed by atoms with Gasteiger partial charge in [-0.3, -0.25) is 4.79 Å². The first-order valence-corrected chi connectivity index (χ1v) is 12.0. The summed E-state index contributed by atoms with van der Waals surface area (Å²) in [6.07, 6.45) is 2.58. The highest BCUT2D eigenvalue weighted by atomic mass is 19.1. The molecule has 1 fully saturated rings. The SMILES string of the molecule is C=CC(=O)N1CC(Oc2cc3c(Nc4cc(-c5cccc(F)c5C)ccc4OC)ncnc3cc2OC)C1. The standard InChI is InChI=1S/C29H27FN4O4/c1-5-28(35)34-14-19(15-34)38-27-12-21-23(13-26(27)37-4)31-16-32-29(21)33-24-11-18(9-10-25(24)36-3)20-7-6-8-22(30)17(20)2/h5-13,16,19H,1,14-15H2,2-4H3,(H,31,32,33). The Morgan fingerprint density at radius 1 is 1.08 bits per heavy atom. The summed E-state index contributed by atoms with van der Waals surface area (Å²) in [7, 11) is 3.15. The van der Waals surface area contributed by atoms with Gasteiger partial charge in [-0.05, 0) is 54.0 Å². The lowest BCUT2D eigenvalue weighted by Crippen LogP contribution is -2.55. The number of halogens is 1. The van der Waals surface area contributed by atoms with E-state index in [1.165, 1.54) is 18.5 Å². The molecule has 194 valence electrons. The third kappa shape index (κ3) is 4.70. The first-order valence-electron chi connectivity index (χ1n) is 12.0. The Hall–Kier alpha value is -4.66. The normalized spacial score (nSPS) is 13.1. The number of anilines is 2. The van der Waals surface area contributed by atoms with E-state index in [0.717, 1.165) is 11.1 Å². The van der Waals surface area contributed by atoms with Crippen LogP contribution in [0.1, 0.15) is 5.56 Å². The van der Waals surface area contributed by atoms with Crippen molar-refractivity contribution in [3.63, 3.8) is 0 Å². The summed E-state index contributed by atoms with van der Waals surface area (Å²) in [4.78, 5) is 22.3. The van der Waals surface area contributed by atoms with Crippen molar-refractivity contribution in [3.05, 3.63) is 78.9 Å². The van der Waals surface area contributed by atoms with Crippen molar-refractivity contribution < 1.29 is 23.4 Å². The Bertz CT molecular complexity index is 1540. The van der Waals surface area contributed by atoms with Crippen LogP contribution in [0, 0.1) is 12.7 Å². The molecule has 2 heterocycles. The number of rotatable bonds is 8. The molecule has 1 N–H and O–H groups in total. The van der Waals surface area contributed by atoms with Crippen LogP contribution in [-0.2, 0) is 4.79 Å². The largest absolute Gasteiger partial charge is 0.495 e. The van der Waals surface area contributed by atoms with Crippen LogP contribution in [0.25, 0.3) is 22.0 Å². The van der Waals surface area contributed by atoms with E-state index in [1.807, 2.05) is 30.3 Å². The molecule has 4 aromatic rings. The van der Waals surface area contributed by atoms with Gasteiger partial charge in [0.1, 0.15) is 29.8 Å².